The summed E-state index contributed by atoms with van der Waals surface area (Å²) in [5.74, 6) is 0. The van der Waals surface area contributed by atoms with E-state index >= 15 is 0 Å². The lowest BCUT2D eigenvalue weighted by atomic mass is 9.89. The Kier molecular flexibility index (Phi) is 5.50. The van der Waals surface area contributed by atoms with Crippen molar-refractivity contribution >= 4 is 15.9 Å². The van der Waals surface area contributed by atoms with Crippen LogP contribution in [0.25, 0.3) is 0 Å². The van der Waals surface area contributed by atoms with Crippen LogP contribution in [0.5, 0.6) is 0 Å². The van der Waals surface area contributed by atoms with E-state index in [0.29, 0.717) is 5.54 Å². The van der Waals surface area contributed by atoms with E-state index in [1.54, 1.807) is 0 Å². The van der Waals surface area contributed by atoms with E-state index in [4.69, 9.17) is 0 Å². The molecule has 0 aliphatic carbocycles. The highest BCUT2D eigenvalue weighted by atomic mass is 79.9. The molecule has 1 N–H and O–H groups in total. The van der Waals surface area contributed by atoms with Gasteiger partial charge >= 0.3 is 0 Å². The van der Waals surface area contributed by atoms with E-state index in [1.807, 2.05) is 0 Å². The molecule has 90 valence electrons. The second-order valence-corrected chi connectivity index (χ2v) is 5.24. The van der Waals surface area contributed by atoms with Gasteiger partial charge in [-0.1, -0.05) is 48.8 Å². The van der Waals surface area contributed by atoms with Crippen LogP contribution in [0.15, 0.2) is 28.7 Å². The molecule has 0 fully saturated rings. The molecular weight excluding hydrogens is 262 g/mol. The first-order chi connectivity index (χ1) is 7.65. The summed E-state index contributed by atoms with van der Waals surface area (Å²) >= 11 is 3.46. The van der Waals surface area contributed by atoms with Gasteiger partial charge in [-0.05, 0) is 37.0 Å². The van der Waals surface area contributed by atoms with Gasteiger partial charge in [0.1, 0.15) is 0 Å². The molecule has 0 saturated carbocycles. The van der Waals surface area contributed by atoms with Crippen molar-refractivity contribution in [3.05, 3.63) is 34.3 Å². The molecule has 16 heavy (non-hydrogen) atoms. The van der Waals surface area contributed by atoms with Gasteiger partial charge in [0, 0.05) is 16.6 Å². The molecule has 0 amide bonds. The molecule has 0 spiro atoms. The average molecular weight is 284 g/mol. The third kappa shape index (κ3) is 3.60. The zero-order valence-corrected chi connectivity index (χ0v) is 12.1. The quantitative estimate of drug-likeness (QED) is 0.810. The maximum atomic E-state index is 3.70. The molecule has 0 aliphatic heterocycles. The van der Waals surface area contributed by atoms with Crippen molar-refractivity contribution in [1.29, 1.82) is 0 Å². The Labute approximate surface area is 108 Å². The fourth-order valence-electron chi connectivity index (χ4n) is 2.02. The van der Waals surface area contributed by atoms with Crippen molar-refractivity contribution in [3.8, 4) is 0 Å². The lowest BCUT2D eigenvalue weighted by Crippen LogP contribution is -2.43. The molecule has 0 aromatic heterocycles. The fourth-order valence-corrected chi connectivity index (χ4v) is 2.28. The maximum Gasteiger partial charge on any atom is 0.0210 e. The van der Waals surface area contributed by atoms with Crippen LogP contribution in [-0.4, -0.2) is 5.54 Å². The molecule has 0 atom stereocenters. The highest BCUT2D eigenvalue weighted by Crippen LogP contribution is 2.20. The first-order valence-electron chi connectivity index (χ1n) is 6.15. The van der Waals surface area contributed by atoms with Crippen molar-refractivity contribution in [2.45, 2.75) is 52.1 Å². The van der Waals surface area contributed by atoms with Crippen LogP contribution in [0.2, 0.25) is 0 Å². The minimum atomic E-state index is 0.313. The van der Waals surface area contributed by atoms with Crippen LogP contribution in [0.1, 0.15) is 45.6 Å². The lowest BCUT2D eigenvalue weighted by Gasteiger charge is -2.32. The predicted molar refractivity (Wildman–Crippen MR) is 74.6 cm³/mol. The number of hydrogen-bond donors (Lipinski definition) is 1. The van der Waals surface area contributed by atoms with Gasteiger partial charge in [0.05, 0.1) is 0 Å². The summed E-state index contributed by atoms with van der Waals surface area (Å²) in [5.41, 5.74) is 1.66. The van der Waals surface area contributed by atoms with Crippen molar-refractivity contribution in [2.24, 2.45) is 0 Å². The molecule has 1 rings (SSSR count). The van der Waals surface area contributed by atoms with Gasteiger partial charge in [0.25, 0.3) is 0 Å². The zero-order chi connectivity index (χ0) is 12.0. The Morgan fingerprint density at radius 3 is 1.94 bits per heavy atom. The van der Waals surface area contributed by atoms with Gasteiger partial charge in [0.15, 0.2) is 0 Å². The van der Waals surface area contributed by atoms with E-state index in [1.165, 1.54) is 24.8 Å². The van der Waals surface area contributed by atoms with Gasteiger partial charge in [0.2, 0.25) is 0 Å². The Bertz CT molecular complexity index is 293. The van der Waals surface area contributed by atoms with Crippen LogP contribution in [-0.2, 0) is 6.54 Å². The van der Waals surface area contributed by atoms with Crippen molar-refractivity contribution < 1.29 is 0 Å². The molecule has 0 heterocycles. The predicted octanol–water partition coefficient (Wildman–Crippen LogP) is 4.51. The van der Waals surface area contributed by atoms with Gasteiger partial charge in [-0.2, -0.15) is 0 Å². The molecule has 0 bridgehead atoms. The third-order valence-electron chi connectivity index (χ3n) is 3.61. The number of rotatable bonds is 6. The zero-order valence-electron chi connectivity index (χ0n) is 10.5. The summed E-state index contributed by atoms with van der Waals surface area (Å²) in [5, 5.41) is 3.70. The summed E-state index contributed by atoms with van der Waals surface area (Å²) in [6, 6.07) is 8.54. The van der Waals surface area contributed by atoms with E-state index in [-0.39, 0.29) is 0 Å². The smallest absolute Gasteiger partial charge is 0.0210 e. The number of nitrogens with one attached hydrogen (secondary N) is 1. The van der Waals surface area contributed by atoms with E-state index in [2.05, 4.69) is 66.3 Å². The SMILES string of the molecule is CCC(CC)(CC)NCc1ccc(Br)cc1. The number of halogens is 1. The molecule has 1 aromatic rings. The average Bonchev–Trinajstić information content (AvgIpc) is 2.34. The van der Waals surface area contributed by atoms with Gasteiger partial charge in [-0.15, -0.1) is 0 Å². The lowest BCUT2D eigenvalue weighted by molar-refractivity contribution is 0.288. The largest absolute Gasteiger partial charge is 0.307 e. The summed E-state index contributed by atoms with van der Waals surface area (Å²) in [7, 11) is 0. The second-order valence-electron chi connectivity index (χ2n) is 4.32. The molecule has 1 nitrogen and oxygen atoms in total. The monoisotopic (exact) mass is 283 g/mol. The van der Waals surface area contributed by atoms with Crippen molar-refractivity contribution in [1.82, 2.24) is 5.32 Å². The fraction of sp³-hybridized carbons (Fsp3) is 0.571. The number of benzene rings is 1. The normalized spacial score (nSPS) is 11.8. The molecule has 2 heteroatoms. The van der Waals surface area contributed by atoms with E-state index < -0.39 is 0 Å². The third-order valence-corrected chi connectivity index (χ3v) is 4.14. The van der Waals surface area contributed by atoms with Crippen LogP contribution < -0.4 is 5.32 Å². The second kappa shape index (κ2) is 6.41. The summed E-state index contributed by atoms with van der Waals surface area (Å²) in [4.78, 5) is 0. The van der Waals surface area contributed by atoms with Crippen LogP contribution >= 0.6 is 15.9 Å². The molecule has 0 aliphatic rings. The van der Waals surface area contributed by atoms with Crippen LogP contribution in [0.4, 0.5) is 0 Å². The Morgan fingerprint density at radius 1 is 1.00 bits per heavy atom. The Morgan fingerprint density at radius 2 is 1.50 bits per heavy atom. The maximum absolute atomic E-state index is 3.70. The first kappa shape index (κ1) is 13.7. The highest BCUT2D eigenvalue weighted by molar-refractivity contribution is 9.10. The Balaban J connectivity index is 2.58. The topological polar surface area (TPSA) is 12.0 Å². The molecular formula is C14H22BrN. The van der Waals surface area contributed by atoms with Crippen molar-refractivity contribution in [2.75, 3.05) is 0 Å². The minimum absolute atomic E-state index is 0.313. The van der Waals surface area contributed by atoms with Crippen molar-refractivity contribution in [3.63, 3.8) is 0 Å². The number of hydrogen-bond acceptors (Lipinski definition) is 1. The summed E-state index contributed by atoms with van der Waals surface area (Å²) in [6.45, 7) is 7.76. The standard InChI is InChI=1S/C14H22BrN/c1-4-14(5-2,6-3)16-11-12-7-9-13(15)10-8-12/h7-10,16H,4-6,11H2,1-3H3. The van der Waals surface area contributed by atoms with Crippen LogP contribution in [0, 0.1) is 0 Å². The molecule has 0 saturated heterocycles. The Hall–Kier alpha value is -0.340. The highest BCUT2D eigenvalue weighted by Gasteiger charge is 2.22. The molecule has 0 unspecified atom stereocenters. The summed E-state index contributed by atoms with van der Waals surface area (Å²) < 4.78 is 1.14. The first-order valence-corrected chi connectivity index (χ1v) is 6.94. The minimum Gasteiger partial charge on any atom is -0.307 e. The van der Waals surface area contributed by atoms with Gasteiger partial charge in [-0.3, -0.25) is 0 Å². The van der Waals surface area contributed by atoms with E-state index in [9.17, 15) is 0 Å². The molecule has 0 radical (unpaired) electrons. The summed E-state index contributed by atoms with van der Waals surface area (Å²) in [6.07, 6.45) is 3.57. The molecule has 1 aromatic carbocycles. The van der Waals surface area contributed by atoms with Gasteiger partial charge < -0.3 is 5.32 Å². The van der Waals surface area contributed by atoms with E-state index in [0.717, 1.165) is 11.0 Å². The van der Waals surface area contributed by atoms with Crippen LogP contribution in [0.3, 0.4) is 0 Å². The van der Waals surface area contributed by atoms with Gasteiger partial charge in [-0.25, -0.2) is 0 Å².